The lowest BCUT2D eigenvalue weighted by Crippen LogP contribution is -2.24. The molecule has 0 aromatic carbocycles. The van der Waals surface area contributed by atoms with Crippen molar-refractivity contribution >= 4 is 7.37 Å². The van der Waals surface area contributed by atoms with Crippen LogP contribution in [0.3, 0.4) is 0 Å². The van der Waals surface area contributed by atoms with E-state index in [9.17, 15) is 4.57 Å². The Labute approximate surface area is 66.9 Å². The minimum Gasteiger partial charge on any atom is -0.391 e. The molecule has 0 aliphatic heterocycles. The van der Waals surface area contributed by atoms with Crippen LogP contribution >= 0.6 is 7.37 Å². The molecule has 0 aliphatic rings. The maximum Gasteiger partial charge on any atom is 0.203 e. The third-order valence-electron chi connectivity index (χ3n) is 1.34. The highest BCUT2D eigenvalue weighted by atomic mass is 31.2. The highest BCUT2D eigenvalue weighted by Crippen LogP contribution is 2.41. The van der Waals surface area contributed by atoms with Gasteiger partial charge >= 0.3 is 0 Å². The predicted octanol–water partition coefficient (Wildman–Crippen LogP) is -0.0136. The molecule has 0 amide bonds. The normalized spacial score (nSPS) is 19.3. The van der Waals surface area contributed by atoms with Crippen LogP contribution < -0.4 is 5.73 Å². The first kappa shape index (κ1) is 11.1. The largest absolute Gasteiger partial charge is 0.391 e. The van der Waals surface area contributed by atoms with Gasteiger partial charge in [0.25, 0.3) is 0 Å². The molecule has 0 spiro atoms. The Balaban J connectivity index is 3.81. The molecule has 4 nitrogen and oxygen atoms in total. The lowest BCUT2D eigenvalue weighted by molar-refractivity contribution is 0.202. The first-order valence-electron chi connectivity index (χ1n) is 3.71. The number of aliphatic hydroxyl groups excluding tert-OH is 1. The lowest BCUT2D eigenvalue weighted by atomic mass is 10.4. The number of rotatable bonds is 5. The van der Waals surface area contributed by atoms with Crippen molar-refractivity contribution in [1.82, 2.24) is 0 Å². The molecule has 0 saturated heterocycles. The van der Waals surface area contributed by atoms with Crippen molar-refractivity contribution in [3.8, 4) is 0 Å². The molecule has 0 aromatic rings. The molecule has 11 heavy (non-hydrogen) atoms. The molecule has 0 fully saturated rings. The fourth-order valence-corrected chi connectivity index (χ4v) is 2.53. The van der Waals surface area contributed by atoms with Crippen LogP contribution in [0.25, 0.3) is 0 Å². The number of hydrogen-bond donors (Lipinski definition) is 3. The van der Waals surface area contributed by atoms with Gasteiger partial charge in [-0.3, -0.25) is 4.57 Å². The van der Waals surface area contributed by atoms with E-state index in [-0.39, 0.29) is 18.9 Å². The summed E-state index contributed by atoms with van der Waals surface area (Å²) in [5.74, 6) is 0. The van der Waals surface area contributed by atoms with Crippen molar-refractivity contribution in [2.75, 3.05) is 18.9 Å². The summed E-state index contributed by atoms with van der Waals surface area (Å²) in [6, 6.07) is 0. The van der Waals surface area contributed by atoms with Gasteiger partial charge < -0.3 is 15.7 Å². The molecule has 0 saturated carbocycles. The Bertz CT molecular complexity index is 151. The fraction of sp³-hybridized carbons (Fsp3) is 1.00. The standard InChI is InChI=1S/C6H16NO3P/c1-2-3-11(9,10)5-6(8)4-7/h6,8H,2-5,7H2,1H3,(H,9,10). The van der Waals surface area contributed by atoms with Crippen LogP contribution in [0.5, 0.6) is 0 Å². The number of hydrogen-bond acceptors (Lipinski definition) is 3. The summed E-state index contributed by atoms with van der Waals surface area (Å²) in [5, 5.41) is 8.96. The molecule has 0 aliphatic carbocycles. The van der Waals surface area contributed by atoms with Crippen LogP contribution in [0.2, 0.25) is 0 Å². The Morgan fingerprint density at radius 2 is 2.18 bits per heavy atom. The second-order valence-electron chi connectivity index (χ2n) is 2.64. The van der Waals surface area contributed by atoms with Gasteiger partial charge in [0.2, 0.25) is 7.37 Å². The van der Waals surface area contributed by atoms with Crippen LogP contribution in [0.1, 0.15) is 13.3 Å². The summed E-state index contributed by atoms with van der Waals surface area (Å²) in [5.41, 5.74) is 5.09. The molecular weight excluding hydrogens is 165 g/mol. The molecule has 4 N–H and O–H groups in total. The van der Waals surface area contributed by atoms with Crippen LogP contribution in [0.15, 0.2) is 0 Å². The highest BCUT2D eigenvalue weighted by molar-refractivity contribution is 7.58. The Hall–Kier alpha value is 0.110. The summed E-state index contributed by atoms with van der Waals surface area (Å²) in [4.78, 5) is 9.16. The van der Waals surface area contributed by atoms with Gasteiger partial charge in [-0.1, -0.05) is 6.92 Å². The van der Waals surface area contributed by atoms with Gasteiger partial charge in [0.1, 0.15) is 0 Å². The van der Waals surface area contributed by atoms with Gasteiger partial charge in [-0.2, -0.15) is 0 Å². The van der Waals surface area contributed by atoms with E-state index in [4.69, 9.17) is 15.7 Å². The maximum absolute atomic E-state index is 11.1. The predicted molar refractivity (Wildman–Crippen MR) is 44.9 cm³/mol. The van der Waals surface area contributed by atoms with Crippen molar-refractivity contribution in [3.05, 3.63) is 0 Å². The van der Waals surface area contributed by atoms with Gasteiger partial charge in [0.15, 0.2) is 0 Å². The smallest absolute Gasteiger partial charge is 0.203 e. The molecule has 2 atom stereocenters. The average molecular weight is 181 g/mol. The van der Waals surface area contributed by atoms with Crippen molar-refractivity contribution < 1.29 is 14.6 Å². The van der Waals surface area contributed by atoms with E-state index in [1.807, 2.05) is 6.92 Å². The van der Waals surface area contributed by atoms with Crippen molar-refractivity contribution in [2.24, 2.45) is 5.73 Å². The van der Waals surface area contributed by atoms with E-state index >= 15 is 0 Å². The minimum atomic E-state index is -3.10. The van der Waals surface area contributed by atoms with E-state index < -0.39 is 13.5 Å². The average Bonchev–Trinajstić information content (AvgIpc) is 1.86. The van der Waals surface area contributed by atoms with Crippen LogP contribution in [0, 0.1) is 0 Å². The summed E-state index contributed by atoms with van der Waals surface area (Å²) in [7, 11) is -3.10. The number of aliphatic hydroxyl groups is 1. The van der Waals surface area contributed by atoms with E-state index in [0.29, 0.717) is 6.42 Å². The zero-order valence-corrected chi connectivity index (χ0v) is 7.63. The van der Waals surface area contributed by atoms with Gasteiger partial charge in [-0.05, 0) is 6.42 Å². The van der Waals surface area contributed by atoms with Gasteiger partial charge in [0, 0.05) is 12.7 Å². The van der Waals surface area contributed by atoms with E-state index in [1.54, 1.807) is 0 Å². The van der Waals surface area contributed by atoms with Crippen LogP contribution in [-0.4, -0.2) is 35.0 Å². The molecule has 2 unspecified atom stereocenters. The van der Waals surface area contributed by atoms with Crippen LogP contribution in [0.4, 0.5) is 0 Å². The maximum atomic E-state index is 11.1. The molecular formula is C6H16NO3P. The summed E-state index contributed by atoms with van der Waals surface area (Å²) in [6.45, 7) is 1.88. The Morgan fingerprint density at radius 3 is 2.55 bits per heavy atom. The second-order valence-corrected chi connectivity index (χ2v) is 5.15. The highest BCUT2D eigenvalue weighted by Gasteiger charge is 2.20. The van der Waals surface area contributed by atoms with Gasteiger partial charge in [-0.15, -0.1) is 0 Å². The third-order valence-corrected chi connectivity index (χ3v) is 3.48. The van der Waals surface area contributed by atoms with Crippen molar-refractivity contribution in [3.63, 3.8) is 0 Å². The molecule has 0 bridgehead atoms. The molecule has 0 aromatic heterocycles. The summed E-state index contributed by atoms with van der Waals surface area (Å²) in [6.07, 6.45) is 0.0179. The molecule has 0 radical (unpaired) electrons. The van der Waals surface area contributed by atoms with E-state index in [2.05, 4.69) is 0 Å². The minimum absolute atomic E-state index is 0.0499. The van der Waals surface area contributed by atoms with Gasteiger partial charge in [-0.25, -0.2) is 0 Å². The molecule has 68 valence electrons. The topological polar surface area (TPSA) is 83.5 Å². The monoisotopic (exact) mass is 181 g/mol. The molecule has 0 rings (SSSR count). The second kappa shape index (κ2) is 4.88. The van der Waals surface area contributed by atoms with E-state index in [1.165, 1.54) is 0 Å². The zero-order chi connectivity index (χ0) is 8.91. The zero-order valence-electron chi connectivity index (χ0n) is 6.73. The lowest BCUT2D eigenvalue weighted by Gasteiger charge is -2.13. The van der Waals surface area contributed by atoms with Gasteiger partial charge in [0.05, 0.1) is 12.3 Å². The Kier molecular flexibility index (Phi) is 4.93. The first-order valence-corrected chi connectivity index (χ1v) is 5.74. The van der Waals surface area contributed by atoms with Crippen molar-refractivity contribution in [1.29, 1.82) is 0 Å². The van der Waals surface area contributed by atoms with Crippen molar-refractivity contribution in [2.45, 2.75) is 19.4 Å². The first-order chi connectivity index (χ1) is 5.02. The van der Waals surface area contributed by atoms with Crippen LogP contribution in [-0.2, 0) is 4.57 Å². The fourth-order valence-electron chi connectivity index (χ4n) is 0.845. The quantitative estimate of drug-likeness (QED) is 0.521. The number of nitrogens with two attached hydrogens (primary N) is 1. The molecule has 5 heteroatoms. The Morgan fingerprint density at radius 1 is 1.64 bits per heavy atom. The third kappa shape index (κ3) is 5.39. The van der Waals surface area contributed by atoms with E-state index in [0.717, 1.165) is 0 Å². The summed E-state index contributed by atoms with van der Waals surface area (Å²) < 4.78 is 11.1. The SMILES string of the molecule is CCCP(=O)(O)CC(O)CN. The molecule has 0 heterocycles. The summed E-state index contributed by atoms with van der Waals surface area (Å²) >= 11 is 0.